The molecule has 1 aromatic carbocycles. The molecule has 76 valence electrons. The normalized spacial score (nSPS) is 9.71. The smallest absolute Gasteiger partial charge is 0.331 e. The highest BCUT2D eigenvalue weighted by atomic mass is 35.5. The van der Waals surface area contributed by atoms with Crippen molar-refractivity contribution in [3.63, 3.8) is 0 Å². The Morgan fingerprint density at radius 3 is 2.64 bits per heavy atom. The van der Waals surface area contributed by atoms with Crippen LogP contribution in [0, 0.1) is 0 Å². The van der Waals surface area contributed by atoms with Crippen LogP contribution in [0.25, 0.3) is 0 Å². The summed E-state index contributed by atoms with van der Waals surface area (Å²) in [6.07, 6.45) is 0. The topological polar surface area (TPSA) is 32.3 Å². The van der Waals surface area contributed by atoms with Crippen LogP contribution < -0.4 is 9.62 Å². The number of nitrogens with one attached hydrogen (secondary N) is 1. The van der Waals surface area contributed by atoms with E-state index in [1.807, 2.05) is 0 Å². The number of anilines is 1. The Morgan fingerprint density at radius 1 is 1.50 bits per heavy atom. The number of nitrogens with zero attached hydrogens (tertiary/aromatic N) is 1. The van der Waals surface area contributed by atoms with Gasteiger partial charge in [0.1, 0.15) is 0 Å². The molecular formula is C8H8Cl2N2OS. The number of hydrogen-bond donors (Lipinski definition) is 2. The second-order valence-corrected chi connectivity index (χ2v) is 3.71. The highest BCUT2D eigenvalue weighted by Gasteiger charge is 2.13. The van der Waals surface area contributed by atoms with E-state index >= 15 is 0 Å². The minimum atomic E-state index is -0.363. The SMILES string of the molecule is CNC(=O)N(S)c1ccc(Cl)cc1Cl. The highest BCUT2D eigenvalue weighted by Crippen LogP contribution is 2.29. The van der Waals surface area contributed by atoms with Crippen LogP contribution in [0.4, 0.5) is 10.5 Å². The van der Waals surface area contributed by atoms with Gasteiger partial charge in [-0.2, -0.15) is 0 Å². The molecule has 0 radical (unpaired) electrons. The molecule has 3 nitrogen and oxygen atoms in total. The molecule has 0 bridgehead atoms. The van der Waals surface area contributed by atoms with Crippen molar-refractivity contribution in [2.45, 2.75) is 0 Å². The lowest BCUT2D eigenvalue weighted by Gasteiger charge is -2.16. The molecular weight excluding hydrogens is 243 g/mol. The van der Waals surface area contributed by atoms with E-state index in [4.69, 9.17) is 23.2 Å². The van der Waals surface area contributed by atoms with Crippen molar-refractivity contribution in [1.82, 2.24) is 5.32 Å². The van der Waals surface area contributed by atoms with Gasteiger partial charge in [-0.05, 0) is 18.2 Å². The number of halogens is 2. The fraction of sp³-hybridized carbons (Fsp3) is 0.125. The molecule has 0 aromatic heterocycles. The maximum atomic E-state index is 11.2. The number of hydrogen-bond acceptors (Lipinski definition) is 2. The van der Waals surface area contributed by atoms with Crippen molar-refractivity contribution in [3.05, 3.63) is 28.2 Å². The van der Waals surface area contributed by atoms with Crippen LogP contribution in [-0.4, -0.2) is 13.1 Å². The van der Waals surface area contributed by atoms with Gasteiger partial charge in [0, 0.05) is 12.1 Å². The Labute approximate surface area is 97.5 Å². The minimum Gasteiger partial charge on any atom is -0.340 e. The average Bonchev–Trinajstić information content (AvgIpc) is 2.15. The molecule has 0 aliphatic heterocycles. The van der Waals surface area contributed by atoms with Gasteiger partial charge in [-0.15, -0.1) is 0 Å². The summed E-state index contributed by atoms with van der Waals surface area (Å²) in [5.74, 6) is 0. The fourth-order valence-corrected chi connectivity index (χ4v) is 1.69. The Bertz CT molecular complexity index is 359. The fourth-order valence-electron chi connectivity index (χ4n) is 0.868. The van der Waals surface area contributed by atoms with Gasteiger partial charge < -0.3 is 5.32 Å². The van der Waals surface area contributed by atoms with Crippen molar-refractivity contribution in [3.8, 4) is 0 Å². The maximum Gasteiger partial charge on any atom is 0.331 e. The molecule has 0 aliphatic rings. The maximum absolute atomic E-state index is 11.2. The zero-order valence-electron chi connectivity index (χ0n) is 7.29. The van der Waals surface area contributed by atoms with Crippen LogP contribution in [0.1, 0.15) is 0 Å². The van der Waals surface area contributed by atoms with Crippen LogP contribution in [0.5, 0.6) is 0 Å². The van der Waals surface area contributed by atoms with E-state index < -0.39 is 0 Å². The molecule has 0 aliphatic carbocycles. The Hall–Kier alpha value is -0.580. The van der Waals surface area contributed by atoms with Gasteiger partial charge >= 0.3 is 6.03 Å². The Kier molecular flexibility index (Phi) is 3.92. The summed E-state index contributed by atoms with van der Waals surface area (Å²) in [5.41, 5.74) is 0.485. The first kappa shape index (κ1) is 11.5. The zero-order valence-corrected chi connectivity index (χ0v) is 9.70. The molecule has 1 rings (SSSR count). The molecule has 0 spiro atoms. The van der Waals surface area contributed by atoms with E-state index in [2.05, 4.69) is 18.1 Å². The van der Waals surface area contributed by atoms with E-state index in [1.54, 1.807) is 18.2 Å². The van der Waals surface area contributed by atoms with Crippen molar-refractivity contribution in [2.75, 3.05) is 11.4 Å². The van der Waals surface area contributed by atoms with Gasteiger partial charge in [0.25, 0.3) is 0 Å². The predicted octanol–water partition coefficient (Wildman–Crippen LogP) is 2.98. The van der Waals surface area contributed by atoms with Gasteiger partial charge in [-0.3, -0.25) is 0 Å². The number of rotatable bonds is 1. The first-order chi connectivity index (χ1) is 6.56. The van der Waals surface area contributed by atoms with Crippen molar-refractivity contribution in [1.29, 1.82) is 0 Å². The highest BCUT2D eigenvalue weighted by molar-refractivity contribution is 7.82. The second-order valence-electron chi connectivity index (χ2n) is 2.46. The van der Waals surface area contributed by atoms with Gasteiger partial charge in [0.15, 0.2) is 0 Å². The number of carbonyl (C=O) groups excluding carboxylic acids is 1. The number of thiol groups is 1. The summed E-state index contributed by atoms with van der Waals surface area (Å²) in [7, 11) is 1.51. The van der Waals surface area contributed by atoms with E-state index in [0.717, 1.165) is 4.31 Å². The van der Waals surface area contributed by atoms with Crippen molar-refractivity contribution < 1.29 is 4.79 Å². The first-order valence-corrected chi connectivity index (χ1v) is 4.87. The summed E-state index contributed by atoms with van der Waals surface area (Å²) in [6, 6.07) is 4.43. The molecule has 14 heavy (non-hydrogen) atoms. The van der Waals surface area contributed by atoms with Gasteiger partial charge in [0.2, 0.25) is 0 Å². The Morgan fingerprint density at radius 2 is 2.14 bits per heavy atom. The molecule has 1 N–H and O–H groups in total. The van der Waals surface area contributed by atoms with Crippen LogP contribution >= 0.6 is 36.0 Å². The van der Waals surface area contributed by atoms with Crippen LogP contribution in [0.2, 0.25) is 10.0 Å². The van der Waals surface area contributed by atoms with E-state index in [9.17, 15) is 4.79 Å². The van der Waals surface area contributed by atoms with Crippen LogP contribution in [0.15, 0.2) is 18.2 Å². The summed E-state index contributed by atoms with van der Waals surface area (Å²) in [5, 5.41) is 3.31. The zero-order chi connectivity index (χ0) is 10.7. The van der Waals surface area contributed by atoms with E-state index in [0.29, 0.717) is 15.7 Å². The molecule has 2 amide bonds. The summed E-state index contributed by atoms with van der Waals surface area (Å²) < 4.78 is 1.11. The van der Waals surface area contributed by atoms with Gasteiger partial charge in [-0.25, -0.2) is 9.10 Å². The molecule has 0 saturated heterocycles. The number of carbonyl (C=O) groups is 1. The second kappa shape index (κ2) is 4.77. The summed E-state index contributed by atoms with van der Waals surface area (Å²) >= 11 is 15.6. The third-order valence-electron chi connectivity index (χ3n) is 1.54. The van der Waals surface area contributed by atoms with E-state index in [-0.39, 0.29) is 6.03 Å². The van der Waals surface area contributed by atoms with Gasteiger partial charge in [0.05, 0.1) is 10.7 Å². The quantitative estimate of drug-likeness (QED) is 0.739. The number of urea groups is 1. The van der Waals surface area contributed by atoms with Crippen LogP contribution in [-0.2, 0) is 0 Å². The first-order valence-electron chi connectivity index (χ1n) is 3.72. The molecule has 1 aromatic rings. The van der Waals surface area contributed by atoms with E-state index in [1.165, 1.54) is 7.05 Å². The predicted molar refractivity (Wildman–Crippen MR) is 62.4 cm³/mol. The van der Waals surface area contributed by atoms with Gasteiger partial charge in [-0.1, -0.05) is 36.0 Å². The third kappa shape index (κ3) is 2.47. The molecule has 0 atom stereocenters. The van der Waals surface area contributed by atoms with Crippen molar-refractivity contribution >= 4 is 47.7 Å². The minimum absolute atomic E-state index is 0.363. The van der Waals surface area contributed by atoms with Crippen molar-refractivity contribution in [2.24, 2.45) is 0 Å². The molecule has 0 unspecified atom stereocenters. The lowest BCUT2D eigenvalue weighted by atomic mass is 10.3. The largest absolute Gasteiger partial charge is 0.340 e. The average molecular weight is 251 g/mol. The Balaban J connectivity index is 3.01. The molecule has 0 heterocycles. The van der Waals surface area contributed by atoms with Crippen LogP contribution in [0.3, 0.4) is 0 Å². The molecule has 0 saturated carbocycles. The number of benzene rings is 1. The summed E-state index contributed by atoms with van der Waals surface area (Å²) in [6.45, 7) is 0. The standard InChI is InChI=1S/C8H8Cl2N2OS/c1-11-8(13)12(14)7-3-2-5(9)4-6(7)10/h2-4,14H,1H3,(H,11,13). The molecule has 6 heteroatoms. The molecule has 0 fully saturated rings. The number of amides is 2. The lowest BCUT2D eigenvalue weighted by molar-refractivity contribution is 0.252. The third-order valence-corrected chi connectivity index (χ3v) is 2.48. The summed E-state index contributed by atoms with van der Waals surface area (Å²) in [4.78, 5) is 11.2. The lowest BCUT2D eigenvalue weighted by Crippen LogP contribution is -2.31. The monoisotopic (exact) mass is 250 g/mol.